The topological polar surface area (TPSA) is 78.4 Å². The van der Waals surface area contributed by atoms with Crippen molar-refractivity contribution < 1.29 is 14.7 Å². The summed E-state index contributed by atoms with van der Waals surface area (Å²) in [5.74, 6) is -0.933. The molecule has 3 N–H and O–H groups in total. The standard InChI is InChI=1S/C16H18N2O3/c1-11(18-16(21)17-10-9-15(19)20)13-8-4-6-12-5-2-3-7-14(12)13/h2-8,11H,9-10H2,1H3,(H,19,20)(H2,17,18,21). The third-order valence-electron chi connectivity index (χ3n) is 3.26. The number of carbonyl (C=O) groups is 2. The van der Waals surface area contributed by atoms with Gasteiger partial charge in [-0.3, -0.25) is 4.79 Å². The smallest absolute Gasteiger partial charge is 0.315 e. The zero-order valence-corrected chi connectivity index (χ0v) is 11.8. The van der Waals surface area contributed by atoms with E-state index in [2.05, 4.69) is 10.6 Å². The Hall–Kier alpha value is -2.56. The second-order valence-corrected chi connectivity index (χ2v) is 4.83. The molecule has 0 aliphatic rings. The average molecular weight is 286 g/mol. The Bertz CT molecular complexity index is 650. The highest BCUT2D eigenvalue weighted by Crippen LogP contribution is 2.23. The molecule has 0 bridgehead atoms. The molecule has 0 saturated heterocycles. The van der Waals surface area contributed by atoms with Gasteiger partial charge in [-0.1, -0.05) is 42.5 Å². The maximum atomic E-state index is 11.7. The molecule has 0 aliphatic carbocycles. The number of carbonyl (C=O) groups excluding carboxylic acids is 1. The van der Waals surface area contributed by atoms with E-state index in [4.69, 9.17) is 5.11 Å². The van der Waals surface area contributed by atoms with Crippen LogP contribution in [0, 0.1) is 0 Å². The number of carboxylic acid groups (broad SMARTS) is 1. The maximum absolute atomic E-state index is 11.7. The lowest BCUT2D eigenvalue weighted by Gasteiger charge is -2.17. The van der Waals surface area contributed by atoms with Crippen molar-refractivity contribution in [3.63, 3.8) is 0 Å². The minimum absolute atomic E-state index is 0.0872. The summed E-state index contributed by atoms with van der Waals surface area (Å²) in [4.78, 5) is 22.1. The van der Waals surface area contributed by atoms with Crippen LogP contribution in [0.25, 0.3) is 10.8 Å². The number of carboxylic acids is 1. The van der Waals surface area contributed by atoms with Crippen molar-refractivity contribution >= 4 is 22.8 Å². The van der Waals surface area contributed by atoms with Crippen molar-refractivity contribution in [2.75, 3.05) is 6.54 Å². The van der Waals surface area contributed by atoms with E-state index >= 15 is 0 Å². The lowest BCUT2D eigenvalue weighted by molar-refractivity contribution is -0.136. The summed E-state index contributed by atoms with van der Waals surface area (Å²) in [7, 11) is 0. The molecule has 110 valence electrons. The summed E-state index contributed by atoms with van der Waals surface area (Å²) in [6, 6.07) is 13.4. The lowest BCUT2D eigenvalue weighted by atomic mass is 10.00. The molecule has 0 saturated carbocycles. The normalized spacial score (nSPS) is 11.9. The summed E-state index contributed by atoms with van der Waals surface area (Å²) in [5, 5.41) is 16.1. The van der Waals surface area contributed by atoms with Crippen molar-refractivity contribution in [2.45, 2.75) is 19.4 Å². The van der Waals surface area contributed by atoms with Gasteiger partial charge in [0.2, 0.25) is 0 Å². The van der Waals surface area contributed by atoms with E-state index in [1.807, 2.05) is 49.4 Å². The first-order valence-electron chi connectivity index (χ1n) is 6.82. The van der Waals surface area contributed by atoms with Crippen LogP contribution in [0.4, 0.5) is 4.79 Å². The number of hydrogen-bond acceptors (Lipinski definition) is 2. The Morgan fingerprint density at radius 3 is 2.62 bits per heavy atom. The third kappa shape index (κ3) is 3.95. The Morgan fingerprint density at radius 2 is 1.86 bits per heavy atom. The Morgan fingerprint density at radius 1 is 1.14 bits per heavy atom. The molecule has 0 heterocycles. The average Bonchev–Trinajstić information content (AvgIpc) is 2.46. The van der Waals surface area contributed by atoms with Gasteiger partial charge < -0.3 is 15.7 Å². The molecule has 21 heavy (non-hydrogen) atoms. The van der Waals surface area contributed by atoms with Crippen molar-refractivity contribution in [3.8, 4) is 0 Å². The first kappa shape index (κ1) is 14.8. The number of amides is 2. The summed E-state index contributed by atoms with van der Waals surface area (Å²) in [6.07, 6.45) is -0.0872. The number of nitrogens with one attached hydrogen (secondary N) is 2. The largest absolute Gasteiger partial charge is 0.481 e. The van der Waals surface area contributed by atoms with Crippen LogP contribution in [0.2, 0.25) is 0 Å². The fraction of sp³-hybridized carbons (Fsp3) is 0.250. The van der Waals surface area contributed by atoms with Crippen molar-refractivity contribution in [1.82, 2.24) is 10.6 Å². The van der Waals surface area contributed by atoms with Crippen LogP contribution in [0.5, 0.6) is 0 Å². The van der Waals surface area contributed by atoms with E-state index in [9.17, 15) is 9.59 Å². The van der Waals surface area contributed by atoms with E-state index in [0.29, 0.717) is 0 Å². The van der Waals surface area contributed by atoms with Gasteiger partial charge in [-0.05, 0) is 23.3 Å². The second kappa shape index (κ2) is 6.74. The molecule has 5 heteroatoms. The highest BCUT2D eigenvalue weighted by molar-refractivity contribution is 5.86. The van der Waals surface area contributed by atoms with Gasteiger partial charge in [0.25, 0.3) is 0 Å². The van der Waals surface area contributed by atoms with Gasteiger partial charge in [0.05, 0.1) is 12.5 Å². The monoisotopic (exact) mass is 286 g/mol. The zero-order valence-electron chi connectivity index (χ0n) is 11.8. The zero-order chi connectivity index (χ0) is 15.2. The van der Waals surface area contributed by atoms with Crippen molar-refractivity contribution in [3.05, 3.63) is 48.0 Å². The van der Waals surface area contributed by atoms with E-state index < -0.39 is 5.97 Å². The molecule has 2 aromatic carbocycles. The fourth-order valence-corrected chi connectivity index (χ4v) is 2.24. The van der Waals surface area contributed by atoms with E-state index in [-0.39, 0.29) is 25.0 Å². The molecule has 5 nitrogen and oxygen atoms in total. The summed E-state index contributed by atoms with van der Waals surface area (Å²) in [5.41, 5.74) is 1.03. The molecule has 0 fully saturated rings. The Kier molecular flexibility index (Phi) is 4.77. The summed E-state index contributed by atoms with van der Waals surface area (Å²) in [6.45, 7) is 2.02. The van der Waals surface area contributed by atoms with Gasteiger partial charge in [-0.2, -0.15) is 0 Å². The van der Waals surface area contributed by atoms with Gasteiger partial charge in [-0.15, -0.1) is 0 Å². The number of aliphatic carboxylic acids is 1. The lowest BCUT2D eigenvalue weighted by Crippen LogP contribution is -2.38. The minimum Gasteiger partial charge on any atom is -0.481 e. The predicted molar refractivity (Wildman–Crippen MR) is 81.2 cm³/mol. The van der Waals surface area contributed by atoms with Crippen molar-refractivity contribution in [2.24, 2.45) is 0 Å². The number of hydrogen-bond donors (Lipinski definition) is 3. The van der Waals surface area contributed by atoms with Crippen LogP contribution < -0.4 is 10.6 Å². The van der Waals surface area contributed by atoms with Crippen LogP contribution in [0.1, 0.15) is 24.9 Å². The van der Waals surface area contributed by atoms with Gasteiger partial charge in [0, 0.05) is 6.54 Å². The van der Waals surface area contributed by atoms with Crippen LogP contribution in [-0.4, -0.2) is 23.7 Å². The highest BCUT2D eigenvalue weighted by atomic mass is 16.4. The number of urea groups is 1. The Balaban J connectivity index is 2.03. The molecule has 0 aromatic heterocycles. The number of benzene rings is 2. The molecular formula is C16H18N2O3. The van der Waals surface area contributed by atoms with Crippen molar-refractivity contribution in [1.29, 1.82) is 0 Å². The molecule has 0 radical (unpaired) electrons. The second-order valence-electron chi connectivity index (χ2n) is 4.83. The molecule has 1 unspecified atom stereocenters. The van der Waals surface area contributed by atoms with E-state index in [1.54, 1.807) is 0 Å². The number of fused-ring (bicyclic) bond motifs is 1. The molecular weight excluding hydrogens is 268 g/mol. The van der Waals surface area contributed by atoms with Gasteiger partial charge in [0.1, 0.15) is 0 Å². The molecule has 2 rings (SSSR count). The summed E-state index contributed by atoms with van der Waals surface area (Å²) < 4.78 is 0. The quantitative estimate of drug-likeness (QED) is 0.790. The molecule has 2 aromatic rings. The van der Waals surface area contributed by atoms with Gasteiger partial charge in [0.15, 0.2) is 0 Å². The van der Waals surface area contributed by atoms with Gasteiger partial charge in [-0.25, -0.2) is 4.79 Å². The van der Waals surface area contributed by atoms with Crippen LogP contribution >= 0.6 is 0 Å². The molecule has 0 aliphatic heterocycles. The highest BCUT2D eigenvalue weighted by Gasteiger charge is 2.11. The molecule has 0 spiro atoms. The van der Waals surface area contributed by atoms with Crippen LogP contribution in [0.3, 0.4) is 0 Å². The minimum atomic E-state index is -0.933. The van der Waals surface area contributed by atoms with Crippen LogP contribution in [-0.2, 0) is 4.79 Å². The maximum Gasteiger partial charge on any atom is 0.315 e. The first-order valence-corrected chi connectivity index (χ1v) is 6.82. The summed E-state index contributed by atoms with van der Waals surface area (Å²) >= 11 is 0. The van der Waals surface area contributed by atoms with Crippen LogP contribution in [0.15, 0.2) is 42.5 Å². The first-order chi connectivity index (χ1) is 10.1. The molecule has 2 amide bonds. The number of rotatable bonds is 5. The third-order valence-corrected chi connectivity index (χ3v) is 3.26. The predicted octanol–water partition coefficient (Wildman–Crippen LogP) is 2.67. The fourth-order valence-electron chi connectivity index (χ4n) is 2.24. The van der Waals surface area contributed by atoms with E-state index in [1.165, 1.54) is 0 Å². The van der Waals surface area contributed by atoms with E-state index in [0.717, 1.165) is 16.3 Å². The molecule has 1 atom stereocenters. The SMILES string of the molecule is CC(NC(=O)NCCC(=O)O)c1cccc2ccccc12. The van der Waals surface area contributed by atoms with Gasteiger partial charge >= 0.3 is 12.0 Å². The Labute approximate surface area is 123 Å².